The van der Waals surface area contributed by atoms with Crippen LogP contribution in [0.1, 0.15) is 37.1 Å². The number of benzene rings is 1. The molecule has 2 N–H and O–H groups in total. The number of aromatic nitrogens is 2. The lowest BCUT2D eigenvalue weighted by atomic mass is 10.1. The van der Waals surface area contributed by atoms with E-state index in [-0.39, 0.29) is 6.04 Å². The summed E-state index contributed by atoms with van der Waals surface area (Å²) >= 11 is 3.51. The molecule has 1 atom stereocenters. The van der Waals surface area contributed by atoms with Crippen LogP contribution in [0.5, 0.6) is 0 Å². The van der Waals surface area contributed by atoms with Crippen LogP contribution in [-0.2, 0) is 6.54 Å². The molecule has 21 heavy (non-hydrogen) atoms. The van der Waals surface area contributed by atoms with Crippen LogP contribution in [0.4, 0.5) is 0 Å². The topological polar surface area (TPSA) is 47.1 Å². The van der Waals surface area contributed by atoms with E-state index in [1.807, 2.05) is 16.9 Å². The molecule has 0 aliphatic carbocycles. The molecule has 0 saturated heterocycles. The van der Waals surface area contributed by atoms with Gasteiger partial charge in [-0.2, -0.15) is 5.10 Å². The second-order valence-electron chi connectivity index (χ2n) is 5.64. The van der Waals surface area contributed by atoms with Crippen LogP contribution in [0.3, 0.4) is 0 Å². The van der Waals surface area contributed by atoms with Crippen LogP contribution in [0.15, 0.2) is 41.1 Å². The van der Waals surface area contributed by atoms with Crippen LogP contribution < -0.4 is 5.73 Å². The van der Waals surface area contributed by atoms with Crippen LogP contribution >= 0.6 is 15.9 Å². The van der Waals surface area contributed by atoms with Crippen molar-refractivity contribution < 1.29 is 0 Å². The normalized spacial score (nSPS) is 13.1. The molecular formula is C16H23BrN4. The lowest BCUT2D eigenvalue weighted by Crippen LogP contribution is -2.30. The molecule has 0 bridgehead atoms. The molecule has 1 aromatic carbocycles. The van der Waals surface area contributed by atoms with Crippen molar-refractivity contribution in [3.05, 3.63) is 52.3 Å². The Morgan fingerprint density at radius 3 is 2.71 bits per heavy atom. The fourth-order valence-electron chi connectivity index (χ4n) is 2.41. The maximum absolute atomic E-state index is 5.99. The van der Waals surface area contributed by atoms with Gasteiger partial charge in [0.15, 0.2) is 0 Å². The molecule has 2 aromatic rings. The monoisotopic (exact) mass is 350 g/mol. The van der Waals surface area contributed by atoms with Gasteiger partial charge in [-0.15, -0.1) is 0 Å². The lowest BCUT2D eigenvalue weighted by Gasteiger charge is -2.26. The first-order valence-electron chi connectivity index (χ1n) is 7.20. The third kappa shape index (κ3) is 4.15. The zero-order valence-corrected chi connectivity index (χ0v) is 14.4. The molecule has 0 radical (unpaired) electrons. The SMILES string of the molecule is CC(C)n1cc(C(CN)N(C)Cc2cccc(Br)c2)cn1. The highest BCUT2D eigenvalue weighted by molar-refractivity contribution is 9.10. The molecular weight excluding hydrogens is 328 g/mol. The lowest BCUT2D eigenvalue weighted by molar-refractivity contribution is 0.241. The van der Waals surface area contributed by atoms with E-state index >= 15 is 0 Å². The molecule has 0 saturated carbocycles. The van der Waals surface area contributed by atoms with Gasteiger partial charge in [0, 0.05) is 35.4 Å². The summed E-state index contributed by atoms with van der Waals surface area (Å²) in [6, 6.07) is 8.91. The molecule has 0 fully saturated rings. The van der Waals surface area contributed by atoms with Crippen LogP contribution in [0, 0.1) is 0 Å². The van der Waals surface area contributed by atoms with Crippen LogP contribution in [-0.4, -0.2) is 28.3 Å². The van der Waals surface area contributed by atoms with Gasteiger partial charge >= 0.3 is 0 Å². The van der Waals surface area contributed by atoms with Gasteiger partial charge in [0.05, 0.1) is 12.2 Å². The largest absolute Gasteiger partial charge is 0.329 e. The molecule has 1 unspecified atom stereocenters. The molecule has 114 valence electrons. The summed E-state index contributed by atoms with van der Waals surface area (Å²) < 4.78 is 3.08. The average Bonchev–Trinajstić information content (AvgIpc) is 2.89. The number of hydrogen-bond donors (Lipinski definition) is 1. The Balaban J connectivity index is 2.12. The standard InChI is InChI=1S/C16H23BrN4/c1-12(2)21-11-14(9-19-21)16(8-18)20(3)10-13-5-4-6-15(17)7-13/h4-7,9,11-12,16H,8,10,18H2,1-3H3. The minimum Gasteiger partial charge on any atom is -0.329 e. The Bertz CT molecular complexity index is 579. The van der Waals surface area contributed by atoms with Gasteiger partial charge in [-0.25, -0.2) is 0 Å². The number of likely N-dealkylation sites (N-methyl/N-ethyl adjacent to an activating group) is 1. The Morgan fingerprint density at radius 2 is 2.14 bits per heavy atom. The van der Waals surface area contributed by atoms with E-state index in [4.69, 9.17) is 5.73 Å². The highest BCUT2D eigenvalue weighted by atomic mass is 79.9. The quantitative estimate of drug-likeness (QED) is 0.868. The van der Waals surface area contributed by atoms with E-state index in [0.717, 1.165) is 11.0 Å². The van der Waals surface area contributed by atoms with E-state index < -0.39 is 0 Å². The van der Waals surface area contributed by atoms with Crippen molar-refractivity contribution in [2.24, 2.45) is 5.73 Å². The first kappa shape index (κ1) is 16.2. The minimum absolute atomic E-state index is 0.177. The van der Waals surface area contributed by atoms with Crippen molar-refractivity contribution in [3.8, 4) is 0 Å². The van der Waals surface area contributed by atoms with Crippen molar-refractivity contribution in [1.29, 1.82) is 0 Å². The van der Waals surface area contributed by atoms with Gasteiger partial charge in [-0.3, -0.25) is 9.58 Å². The first-order chi connectivity index (χ1) is 10.0. The summed E-state index contributed by atoms with van der Waals surface area (Å²) in [7, 11) is 2.10. The molecule has 2 rings (SSSR count). The van der Waals surface area contributed by atoms with Crippen molar-refractivity contribution in [1.82, 2.24) is 14.7 Å². The third-order valence-corrected chi connectivity index (χ3v) is 4.10. The Kier molecular flexibility index (Phi) is 5.56. The van der Waals surface area contributed by atoms with Gasteiger partial charge in [0.2, 0.25) is 0 Å². The highest BCUT2D eigenvalue weighted by Gasteiger charge is 2.18. The highest BCUT2D eigenvalue weighted by Crippen LogP contribution is 2.22. The predicted octanol–water partition coefficient (Wildman–Crippen LogP) is 3.36. The molecule has 1 aromatic heterocycles. The third-order valence-electron chi connectivity index (χ3n) is 3.61. The van der Waals surface area contributed by atoms with E-state index in [0.29, 0.717) is 12.6 Å². The smallest absolute Gasteiger partial charge is 0.0538 e. The molecule has 5 heteroatoms. The maximum atomic E-state index is 5.99. The van der Waals surface area contributed by atoms with E-state index in [1.54, 1.807) is 0 Å². The average molecular weight is 351 g/mol. The molecule has 0 aliphatic heterocycles. The van der Waals surface area contributed by atoms with Gasteiger partial charge in [-0.1, -0.05) is 28.1 Å². The van der Waals surface area contributed by atoms with Gasteiger partial charge in [-0.05, 0) is 38.6 Å². The summed E-state index contributed by atoms with van der Waals surface area (Å²) in [6.45, 7) is 5.68. The Labute approximate surface area is 135 Å². The van der Waals surface area contributed by atoms with Crippen molar-refractivity contribution >= 4 is 15.9 Å². The minimum atomic E-state index is 0.177. The Hall–Kier alpha value is -1.17. The fourth-order valence-corrected chi connectivity index (χ4v) is 2.86. The van der Waals surface area contributed by atoms with Crippen molar-refractivity contribution in [2.45, 2.75) is 32.5 Å². The molecule has 0 spiro atoms. The number of rotatable bonds is 6. The van der Waals surface area contributed by atoms with Gasteiger partial charge < -0.3 is 5.73 Å². The molecule has 0 amide bonds. The number of nitrogens with zero attached hydrogens (tertiary/aromatic N) is 3. The fraction of sp³-hybridized carbons (Fsp3) is 0.438. The van der Waals surface area contributed by atoms with Crippen molar-refractivity contribution in [3.63, 3.8) is 0 Å². The van der Waals surface area contributed by atoms with Crippen molar-refractivity contribution in [2.75, 3.05) is 13.6 Å². The van der Waals surface area contributed by atoms with Crippen LogP contribution in [0.25, 0.3) is 0 Å². The summed E-state index contributed by atoms with van der Waals surface area (Å²) in [4.78, 5) is 2.27. The second-order valence-corrected chi connectivity index (χ2v) is 6.56. The van der Waals surface area contributed by atoms with E-state index in [1.165, 1.54) is 11.1 Å². The number of nitrogens with two attached hydrogens (primary N) is 1. The second kappa shape index (κ2) is 7.20. The summed E-state index contributed by atoms with van der Waals surface area (Å²) in [5.74, 6) is 0. The van der Waals surface area contributed by atoms with Crippen LogP contribution in [0.2, 0.25) is 0 Å². The van der Waals surface area contributed by atoms with Gasteiger partial charge in [0.25, 0.3) is 0 Å². The van der Waals surface area contributed by atoms with Gasteiger partial charge in [0.1, 0.15) is 0 Å². The first-order valence-corrected chi connectivity index (χ1v) is 7.99. The zero-order chi connectivity index (χ0) is 15.4. The predicted molar refractivity (Wildman–Crippen MR) is 90.0 cm³/mol. The summed E-state index contributed by atoms with van der Waals surface area (Å²) in [5, 5.41) is 4.42. The molecule has 0 aliphatic rings. The van der Waals surface area contributed by atoms with E-state index in [9.17, 15) is 0 Å². The zero-order valence-electron chi connectivity index (χ0n) is 12.8. The maximum Gasteiger partial charge on any atom is 0.0538 e. The molecule has 1 heterocycles. The molecule has 4 nitrogen and oxygen atoms in total. The summed E-state index contributed by atoms with van der Waals surface area (Å²) in [5.41, 5.74) is 8.42. The Morgan fingerprint density at radius 1 is 1.38 bits per heavy atom. The van der Waals surface area contributed by atoms with E-state index in [2.05, 4.69) is 71.2 Å². The number of hydrogen-bond acceptors (Lipinski definition) is 3. The summed E-state index contributed by atoms with van der Waals surface area (Å²) in [6.07, 6.45) is 4.02. The number of halogens is 1.